The van der Waals surface area contributed by atoms with Gasteiger partial charge in [0.1, 0.15) is 0 Å². The number of nitrogens with two attached hydrogens (primary N) is 1. The van der Waals surface area contributed by atoms with Crippen LogP contribution in [0.5, 0.6) is 0 Å². The van der Waals surface area contributed by atoms with Gasteiger partial charge in [0.25, 0.3) is 0 Å². The normalized spacial score (nSPS) is 30.2. The maximum Gasteiger partial charge on any atom is 0.391 e. The number of hydrogen-bond donors (Lipinski definition) is 2. The maximum atomic E-state index is 12.7. The molecule has 2 atom stereocenters. The zero-order valence-electron chi connectivity index (χ0n) is 9.94. The number of amides is 1. The number of primary amides is 1. The standard InChI is InChI=1S/C11H19F3N2O/c1-2-6-16-10(9(15)17)5-3-4-8(7-10)11(12,13)14/h8,16H,2-7H2,1H3,(H2,15,17). The van der Waals surface area contributed by atoms with Gasteiger partial charge >= 0.3 is 6.18 Å². The molecule has 0 aromatic rings. The Labute approximate surface area is 98.9 Å². The van der Waals surface area contributed by atoms with E-state index in [0.29, 0.717) is 19.4 Å². The third-order valence-corrected chi connectivity index (χ3v) is 3.40. The topological polar surface area (TPSA) is 55.1 Å². The Morgan fingerprint density at radius 3 is 2.65 bits per heavy atom. The molecule has 0 spiro atoms. The summed E-state index contributed by atoms with van der Waals surface area (Å²) in [7, 11) is 0. The smallest absolute Gasteiger partial charge is 0.368 e. The van der Waals surface area contributed by atoms with Crippen LogP contribution in [-0.2, 0) is 4.79 Å². The van der Waals surface area contributed by atoms with Gasteiger partial charge in [-0.2, -0.15) is 13.2 Å². The predicted octanol–water partition coefficient (Wildman–Crippen LogP) is 1.96. The van der Waals surface area contributed by atoms with E-state index < -0.39 is 23.5 Å². The summed E-state index contributed by atoms with van der Waals surface area (Å²) in [5.41, 5.74) is 4.11. The molecule has 1 aliphatic carbocycles. The van der Waals surface area contributed by atoms with Crippen LogP contribution < -0.4 is 11.1 Å². The quantitative estimate of drug-likeness (QED) is 0.803. The Bertz CT molecular complexity index is 280. The largest absolute Gasteiger partial charge is 0.391 e. The second-order valence-electron chi connectivity index (χ2n) is 4.71. The van der Waals surface area contributed by atoms with E-state index in [9.17, 15) is 18.0 Å². The van der Waals surface area contributed by atoms with Gasteiger partial charge in [-0.15, -0.1) is 0 Å². The molecule has 3 nitrogen and oxygen atoms in total. The van der Waals surface area contributed by atoms with Crippen molar-refractivity contribution >= 4 is 5.91 Å². The zero-order valence-corrected chi connectivity index (χ0v) is 9.94. The van der Waals surface area contributed by atoms with E-state index in [1.807, 2.05) is 6.92 Å². The van der Waals surface area contributed by atoms with Crippen LogP contribution in [0.1, 0.15) is 39.0 Å². The number of nitrogens with one attached hydrogen (secondary N) is 1. The molecule has 17 heavy (non-hydrogen) atoms. The Morgan fingerprint density at radius 1 is 1.53 bits per heavy atom. The number of rotatable bonds is 4. The van der Waals surface area contributed by atoms with E-state index in [1.54, 1.807) is 0 Å². The number of carbonyl (C=O) groups is 1. The number of hydrogen-bond acceptors (Lipinski definition) is 2. The van der Waals surface area contributed by atoms with Crippen molar-refractivity contribution in [1.29, 1.82) is 0 Å². The van der Waals surface area contributed by atoms with Gasteiger partial charge in [-0.25, -0.2) is 0 Å². The first-order valence-corrected chi connectivity index (χ1v) is 5.93. The lowest BCUT2D eigenvalue weighted by atomic mass is 9.74. The van der Waals surface area contributed by atoms with Crippen LogP contribution in [0.3, 0.4) is 0 Å². The molecular weight excluding hydrogens is 233 g/mol. The lowest BCUT2D eigenvalue weighted by Gasteiger charge is -2.39. The molecule has 6 heteroatoms. The molecule has 1 aliphatic rings. The van der Waals surface area contributed by atoms with Crippen molar-refractivity contribution < 1.29 is 18.0 Å². The molecule has 0 saturated heterocycles. The summed E-state index contributed by atoms with van der Waals surface area (Å²) in [6.07, 6.45) is -2.85. The van der Waals surface area contributed by atoms with Crippen LogP contribution in [0.15, 0.2) is 0 Å². The molecule has 2 unspecified atom stereocenters. The molecule has 1 rings (SSSR count). The predicted molar refractivity (Wildman–Crippen MR) is 58.2 cm³/mol. The molecule has 0 aliphatic heterocycles. The Kier molecular flexibility index (Phi) is 4.41. The van der Waals surface area contributed by atoms with Gasteiger partial charge in [0, 0.05) is 0 Å². The molecule has 0 bridgehead atoms. The van der Waals surface area contributed by atoms with Gasteiger partial charge in [-0.05, 0) is 32.2 Å². The minimum Gasteiger partial charge on any atom is -0.368 e. The average Bonchev–Trinajstić information content (AvgIpc) is 2.25. The second-order valence-corrected chi connectivity index (χ2v) is 4.71. The van der Waals surface area contributed by atoms with Gasteiger partial charge in [0.15, 0.2) is 0 Å². The highest BCUT2D eigenvalue weighted by Crippen LogP contribution is 2.41. The van der Waals surface area contributed by atoms with E-state index in [4.69, 9.17) is 5.73 Å². The minimum absolute atomic E-state index is 0.0896. The molecule has 3 N–H and O–H groups in total. The highest BCUT2D eigenvalue weighted by atomic mass is 19.4. The van der Waals surface area contributed by atoms with Gasteiger partial charge in [-0.1, -0.05) is 13.3 Å². The minimum atomic E-state index is -4.24. The van der Waals surface area contributed by atoms with Crippen molar-refractivity contribution in [2.45, 2.75) is 50.7 Å². The van der Waals surface area contributed by atoms with E-state index in [-0.39, 0.29) is 12.8 Å². The molecule has 1 amide bonds. The average molecular weight is 252 g/mol. The van der Waals surface area contributed by atoms with Crippen molar-refractivity contribution in [2.24, 2.45) is 11.7 Å². The number of alkyl halides is 3. The molecule has 0 aromatic carbocycles. The summed E-state index contributed by atoms with van der Waals surface area (Å²) >= 11 is 0. The van der Waals surface area contributed by atoms with Crippen molar-refractivity contribution in [3.63, 3.8) is 0 Å². The fraction of sp³-hybridized carbons (Fsp3) is 0.909. The Morgan fingerprint density at radius 2 is 2.18 bits per heavy atom. The molecule has 1 saturated carbocycles. The molecule has 0 heterocycles. The summed E-state index contributed by atoms with van der Waals surface area (Å²) in [6, 6.07) is 0. The third kappa shape index (κ3) is 3.34. The van der Waals surface area contributed by atoms with Gasteiger partial charge in [0.2, 0.25) is 5.91 Å². The fourth-order valence-electron chi connectivity index (χ4n) is 2.39. The monoisotopic (exact) mass is 252 g/mol. The lowest BCUT2D eigenvalue weighted by Crippen LogP contribution is -2.59. The van der Waals surface area contributed by atoms with Crippen molar-refractivity contribution in [2.75, 3.05) is 6.54 Å². The molecular formula is C11H19F3N2O. The second kappa shape index (κ2) is 5.25. The van der Waals surface area contributed by atoms with Crippen molar-refractivity contribution in [3.8, 4) is 0 Å². The van der Waals surface area contributed by atoms with Crippen LogP contribution in [0, 0.1) is 5.92 Å². The number of halogens is 3. The van der Waals surface area contributed by atoms with Gasteiger partial charge in [-0.3, -0.25) is 4.79 Å². The lowest BCUT2D eigenvalue weighted by molar-refractivity contribution is -0.188. The van der Waals surface area contributed by atoms with Crippen molar-refractivity contribution in [3.05, 3.63) is 0 Å². The summed E-state index contributed by atoms with van der Waals surface area (Å²) in [4.78, 5) is 11.4. The van der Waals surface area contributed by atoms with Crippen LogP contribution in [0.4, 0.5) is 13.2 Å². The summed E-state index contributed by atoms with van der Waals surface area (Å²) in [6.45, 7) is 2.40. The van der Waals surface area contributed by atoms with Gasteiger partial charge in [0.05, 0.1) is 11.5 Å². The first-order valence-electron chi connectivity index (χ1n) is 5.93. The fourth-order valence-corrected chi connectivity index (χ4v) is 2.39. The van der Waals surface area contributed by atoms with Crippen LogP contribution in [0.2, 0.25) is 0 Å². The molecule has 0 radical (unpaired) electrons. The summed E-state index contributed by atoms with van der Waals surface area (Å²) in [5.74, 6) is -2.09. The Hall–Kier alpha value is -0.780. The highest BCUT2D eigenvalue weighted by molar-refractivity contribution is 5.84. The van der Waals surface area contributed by atoms with E-state index in [0.717, 1.165) is 6.42 Å². The first-order chi connectivity index (χ1) is 7.82. The maximum absolute atomic E-state index is 12.7. The van der Waals surface area contributed by atoms with Gasteiger partial charge < -0.3 is 11.1 Å². The van der Waals surface area contributed by atoms with Crippen LogP contribution in [-0.4, -0.2) is 24.2 Å². The highest BCUT2D eigenvalue weighted by Gasteiger charge is 2.49. The van der Waals surface area contributed by atoms with E-state index >= 15 is 0 Å². The van der Waals surface area contributed by atoms with E-state index in [2.05, 4.69) is 5.32 Å². The summed E-state index contributed by atoms with van der Waals surface area (Å²) < 4.78 is 38.1. The molecule has 0 aromatic heterocycles. The SMILES string of the molecule is CCCNC1(C(N)=O)CCCC(C(F)(F)F)C1. The molecule has 1 fully saturated rings. The van der Waals surface area contributed by atoms with E-state index in [1.165, 1.54) is 0 Å². The van der Waals surface area contributed by atoms with Crippen LogP contribution >= 0.6 is 0 Å². The number of carbonyl (C=O) groups excluding carboxylic acids is 1. The first kappa shape index (κ1) is 14.3. The molecule has 100 valence electrons. The Balaban J connectivity index is 2.80. The zero-order chi connectivity index (χ0) is 13.1. The van der Waals surface area contributed by atoms with Crippen LogP contribution in [0.25, 0.3) is 0 Å². The van der Waals surface area contributed by atoms with Crippen molar-refractivity contribution in [1.82, 2.24) is 5.32 Å². The summed E-state index contributed by atoms with van der Waals surface area (Å²) in [5, 5.41) is 2.91. The third-order valence-electron chi connectivity index (χ3n) is 3.40.